The first kappa shape index (κ1) is 21.4. The van der Waals surface area contributed by atoms with E-state index in [1.54, 1.807) is 24.3 Å². The number of rotatable bonds is 4. The number of hydrogen-bond donors (Lipinski definition) is 1. The Morgan fingerprint density at radius 2 is 1.86 bits per heavy atom. The molecule has 1 heterocycles. The molecule has 0 saturated heterocycles. The summed E-state index contributed by atoms with van der Waals surface area (Å²) < 4.78 is 2.90. The molecule has 1 aromatic heterocycles. The molecule has 0 fully saturated rings. The van der Waals surface area contributed by atoms with E-state index in [0.717, 1.165) is 26.2 Å². The summed E-state index contributed by atoms with van der Waals surface area (Å²) in [5.41, 5.74) is 4.16. The second kappa shape index (κ2) is 9.04. The van der Waals surface area contributed by atoms with Gasteiger partial charge in [-0.15, -0.1) is 0 Å². The Bertz CT molecular complexity index is 1180. The highest BCUT2D eigenvalue weighted by Gasteiger charge is 2.15. The number of aryl methyl sites for hydroxylation is 1. The summed E-state index contributed by atoms with van der Waals surface area (Å²) in [6.45, 7) is 3.87. The van der Waals surface area contributed by atoms with Gasteiger partial charge in [0.25, 0.3) is 5.91 Å². The first-order chi connectivity index (χ1) is 13.8. The van der Waals surface area contributed by atoms with Crippen LogP contribution in [0.5, 0.6) is 0 Å². The van der Waals surface area contributed by atoms with Gasteiger partial charge < -0.3 is 9.88 Å². The fraction of sp³-hybridized carbons (Fsp3) is 0.0909. The molecule has 0 bridgehead atoms. The molecule has 0 aliphatic heterocycles. The molecular weight excluding hydrogens is 520 g/mol. The highest BCUT2D eigenvalue weighted by Crippen LogP contribution is 2.28. The molecular formula is C22H16Cl2IN3O. The van der Waals surface area contributed by atoms with Gasteiger partial charge in [0.15, 0.2) is 0 Å². The lowest BCUT2D eigenvalue weighted by Gasteiger charge is -2.11. The Kier molecular flexibility index (Phi) is 6.68. The van der Waals surface area contributed by atoms with Crippen LogP contribution in [0.15, 0.2) is 54.1 Å². The maximum Gasteiger partial charge on any atom is 0.266 e. The largest absolute Gasteiger partial charge is 0.320 e. The van der Waals surface area contributed by atoms with E-state index in [2.05, 4.69) is 27.9 Å². The highest BCUT2D eigenvalue weighted by molar-refractivity contribution is 14.1. The van der Waals surface area contributed by atoms with Crippen LogP contribution in [0.3, 0.4) is 0 Å². The standard InChI is InChI=1S/C22H16Cl2IN3O/c1-13-9-15(14(2)28(13)17-7-8-18(23)19(24)11-17)10-16(12-26)22(29)27-21-6-4-3-5-20(21)25/h3-11H,1-2H3,(H,27,29)/b16-10+. The summed E-state index contributed by atoms with van der Waals surface area (Å²) in [4.78, 5) is 12.6. The van der Waals surface area contributed by atoms with Gasteiger partial charge in [-0.1, -0.05) is 35.3 Å². The third-order valence-corrected chi connectivity index (χ3v) is 6.10. The summed E-state index contributed by atoms with van der Waals surface area (Å²) in [6, 6.07) is 16.7. The smallest absolute Gasteiger partial charge is 0.266 e. The van der Waals surface area contributed by atoms with Crippen LogP contribution in [0.2, 0.25) is 10.0 Å². The molecule has 0 radical (unpaired) electrons. The zero-order valence-electron chi connectivity index (χ0n) is 15.6. The van der Waals surface area contributed by atoms with Gasteiger partial charge in [-0.25, -0.2) is 0 Å². The minimum Gasteiger partial charge on any atom is -0.320 e. The molecule has 3 rings (SSSR count). The minimum atomic E-state index is -0.448. The molecule has 0 atom stereocenters. The number of hydrogen-bond acceptors (Lipinski definition) is 2. The number of nitrogens with one attached hydrogen (secondary N) is 1. The van der Waals surface area contributed by atoms with Gasteiger partial charge in [0.2, 0.25) is 0 Å². The van der Waals surface area contributed by atoms with Crippen molar-refractivity contribution in [3.05, 3.63) is 84.7 Å². The van der Waals surface area contributed by atoms with Crippen molar-refractivity contribution in [2.45, 2.75) is 13.8 Å². The molecule has 0 aliphatic carbocycles. The van der Waals surface area contributed by atoms with Crippen molar-refractivity contribution in [1.29, 1.82) is 5.26 Å². The normalized spacial score (nSPS) is 11.2. The van der Waals surface area contributed by atoms with Crippen LogP contribution in [-0.2, 0) is 4.79 Å². The van der Waals surface area contributed by atoms with Crippen molar-refractivity contribution in [2.75, 3.05) is 5.32 Å². The van der Waals surface area contributed by atoms with Crippen molar-refractivity contribution in [1.82, 2.24) is 4.57 Å². The SMILES string of the molecule is Cc1cc(/C=C(\C#N)C(=O)Nc2ccccc2I)c(C)n1-c1ccc(Cl)c(Cl)c1. The number of amides is 1. The fourth-order valence-corrected chi connectivity index (χ4v) is 3.83. The number of nitrogens with zero attached hydrogens (tertiary/aromatic N) is 2. The van der Waals surface area contributed by atoms with Gasteiger partial charge in [0.05, 0.1) is 15.7 Å². The highest BCUT2D eigenvalue weighted by atomic mass is 127. The lowest BCUT2D eigenvalue weighted by atomic mass is 10.1. The molecule has 146 valence electrons. The second-order valence-electron chi connectivity index (χ2n) is 6.36. The summed E-state index contributed by atoms with van der Waals surface area (Å²) >= 11 is 14.3. The van der Waals surface area contributed by atoms with Crippen molar-refractivity contribution < 1.29 is 4.79 Å². The number of halogens is 3. The average molecular weight is 536 g/mol. The quantitative estimate of drug-likeness (QED) is 0.234. The van der Waals surface area contributed by atoms with Crippen LogP contribution < -0.4 is 5.32 Å². The zero-order valence-corrected chi connectivity index (χ0v) is 19.3. The fourth-order valence-electron chi connectivity index (χ4n) is 3.01. The Morgan fingerprint density at radius 1 is 1.14 bits per heavy atom. The Hall–Kier alpha value is -2.27. The molecule has 7 heteroatoms. The minimum absolute atomic E-state index is 0.0269. The second-order valence-corrected chi connectivity index (χ2v) is 8.34. The van der Waals surface area contributed by atoms with Crippen LogP contribution >= 0.6 is 45.8 Å². The predicted molar refractivity (Wildman–Crippen MR) is 127 cm³/mol. The first-order valence-electron chi connectivity index (χ1n) is 8.64. The summed E-state index contributed by atoms with van der Waals surface area (Å²) in [6.07, 6.45) is 1.60. The van der Waals surface area contributed by atoms with Gasteiger partial charge >= 0.3 is 0 Å². The molecule has 0 saturated carbocycles. The Balaban J connectivity index is 1.96. The number of nitriles is 1. The van der Waals surface area contributed by atoms with Crippen molar-refractivity contribution >= 4 is 63.5 Å². The monoisotopic (exact) mass is 535 g/mol. The number of carbonyl (C=O) groups is 1. The third-order valence-electron chi connectivity index (χ3n) is 4.42. The first-order valence-corrected chi connectivity index (χ1v) is 10.5. The molecule has 2 aromatic carbocycles. The van der Waals surface area contributed by atoms with Crippen LogP contribution in [-0.4, -0.2) is 10.5 Å². The van der Waals surface area contributed by atoms with Crippen LogP contribution in [0.1, 0.15) is 17.0 Å². The van der Waals surface area contributed by atoms with E-state index in [-0.39, 0.29) is 5.57 Å². The van der Waals surface area contributed by atoms with Crippen molar-refractivity contribution in [2.24, 2.45) is 0 Å². The van der Waals surface area contributed by atoms with E-state index < -0.39 is 5.91 Å². The molecule has 1 amide bonds. The molecule has 1 N–H and O–H groups in total. The third kappa shape index (κ3) is 4.67. The molecule has 0 aliphatic rings. The van der Waals surface area contributed by atoms with Crippen LogP contribution in [0, 0.1) is 28.7 Å². The lowest BCUT2D eigenvalue weighted by molar-refractivity contribution is -0.112. The van der Waals surface area contributed by atoms with Gasteiger partial charge in [-0.05, 0) is 84.5 Å². The maximum absolute atomic E-state index is 12.6. The number of para-hydroxylation sites is 1. The lowest BCUT2D eigenvalue weighted by Crippen LogP contribution is -2.14. The summed E-state index contributed by atoms with van der Waals surface area (Å²) in [7, 11) is 0. The molecule has 29 heavy (non-hydrogen) atoms. The van der Waals surface area contributed by atoms with Gasteiger partial charge in [0.1, 0.15) is 11.6 Å². The van der Waals surface area contributed by atoms with E-state index in [9.17, 15) is 10.1 Å². The number of anilines is 1. The Morgan fingerprint density at radius 3 is 2.52 bits per heavy atom. The predicted octanol–water partition coefficient (Wildman–Crippen LogP) is 6.55. The van der Waals surface area contributed by atoms with E-state index in [4.69, 9.17) is 23.2 Å². The van der Waals surface area contributed by atoms with E-state index in [1.807, 2.05) is 54.8 Å². The number of carbonyl (C=O) groups excluding carboxylic acids is 1. The average Bonchev–Trinajstić information content (AvgIpc) is 2.97. The zero-order chi connectivity index (χ0) is 21.1. The Labute approximate surface area is 192 Å². The van der Waals surface area contributed by atoms with Crippen molar-refractivity contribution in [3.8, 4) is 11.8 Å². The molecule has 0 spiro atoms. The molecule has 3 aromatic rings. The molecule has 0 unspecified atom stereocenters. The van der Waals surface area contributed by atoms with E-state index in [0.29, 0.717) is 15.7 Å². The van der Waals surface area contributed by atoms with Crippen molar-refractivity contribution in [3.63, 3.8) is 0 Å². The van der Waals surface area contributed by atoms with Gasteiger partial charge in [-0.2, -0.15) is 5.26 Å². The topological polar surface area (TPSA) is 57.8 Å². The van der Waals surface area contributed by atoms with E-state index >= 15 is 0 Å². The van der Waals surface area contributed by atoms with Gasteiger partial charge in [0, 0.05) is 20.6 Å². The summed E-state index contributed by atoms with van der Waals surface area (Å²) in [5, 5.41) is 13.3. The van der Waals surface area contributed by atoms with Crippen LogP contribution in [0.25, 0.3) is 11.8 Å². The maximum atomic E-state index is 12.6. The molecule has 4 nitrogen and oxygen atoms in total. The number of aromatic nitrogens is 1. The number of benzene rings is 2. The van der Waals surface area contributed by atoms with Gasteiger partial charge in [-0.3, -0.25) is 4.79 Å². The van der Waals surface area contributed by atoms with Crippen LogP contribution in [0.4, 0.5) is 5.69 Å². The summed E-state index contributed by atoms with van der Waals surface area (Å²) in [5.74, 6) is -0.448. The van der Waals surface area contributed by atoms with E-state index in [1.165, 1.54) is 0 Å².